The van der Waals surface area contributed by atoms with Crippen molar-refractivity contribution in [3.05, 3.63) is 0 Å². The molecule has 0 aliphatic carbocycles. The average molecular weight is 317 g/mol. The Labute approximate surface area is 122 Å². The van der Waals surface area contributed by atoms with Crippen molar-refractivity contribution in [1.82, 2.24) is 10.2 Å². The summed E-state index contributed by atoms with van der Waals surface area (Å²) in [5.41, 5.74) is 0. The van der Waals surface area contributed by atoms with Gasteiger partial charge in [0.2, 0.25) is 5.91 Å². The first kappa shape index (κ1) is 17.5. The number of alkyl halides is 3. The number of carbonyl (C=O) groups is 1. The van der Waals surface area contributed by atoms with Crippen molar-refractivity contribution < 1.29 is 22.7 Å². The molecule has 118 valence electrons. The zero-order chi connectivity index (χ0) is 13.9. The number of nitrogens with one attached hydrogen (secondary N) is 1. The molecule has 4 nitrogen and oxygen atoms in total. The van der Waals surface area contributed by atoms with Gasteiger partial charge in [-0.3, -0.25) is 4.79 Å². The Morgan fingerprint density at radius 3 is 2.25 bits per heavy atom. The molecule has 0 spiro atoms. The lowest BCUT2D eigenvalue weighted by Crippen LogP contribution is -2.36. The van der Waals surface area contributed by atoms with Gasteiger partial charge in [0.25, 0.3) is 0 Å². The van der Waals surface area contributed by atoms with Crippen molar-refractivity contribution in [2.75, 3.05) is 39.4 Å². The number of likely N-dealkylation sites (tertiary alicyclic amines) is 1. The maximum Gasteiger partial charge on any atom is 0.411 e. The summed E-state index contributed by atoms with van der Waals surface area (Å²) in [6.07, 6.45) is -2.53. The minimum Gasteiger partial charge on any atom is -0.362 e. The van der Waals surface area contributed by atoms with Gasteiger partial charge in [0.05, 0.1) is 0 Å². The van der Waals surface area contributed by atoms with Crippen molar-refractivity contribution in [3.63, 3.8) is 0 Å². The van der Waals surface area contributed by atoms with Crippen LogP contribution in [0.2, 0.25) is 0 Å². The number of fused-ring (bicyclic) bond motifs is 1. The molecule has 2 atom stereocenters. The highest BCUT2D eigenvalue weighted by Gasteiger charge is 2.32. The molecule has 1 amide bonds. The second kappa shape index (κ2) is 7.47. The molecule has 2 heterocycles. The molecule has 0 aromatic rings. The molecular formula is C12H20ClF3N2O2. The van der Waals surface area contributed by atoms with Gasteiger partial charge in [0, 0.05) is 13.1 Å². The number of carbonyl (C=O) groups excluding carboxylic acids is 1. The van der Waals surface area contributed by atoms with Gasteiger partial charge in [-0.2, -0.15) is 13.2 Å². The third kappa shape index (κ3) is 5.10. The number of ether oxygens (including phenoxy) is 1. The fourth-order valence-electron chi connectivity index (χ4n) is 2.81. The maximum absolute atomic E-state index is 11.9. The summed E-state index contributed by atoms with van der Waals surface area (Å²) in [5, 5.41) is 3.33. The van der Waals surface area contributed by atoms with Crippen LogP contribution in [0.4, 0.5) is 13.2 Å². The summed E-state index contributed by atoms with van der Waals surface area (Å²) in [5.74, 6) is 0.847. The number of hydrogen-bond acceptors (Lipinski definition) is 3. The van der Waals surface area contributed by atoms with E-state index < -0.39 is 19.4 Å². The minimum atomic E-state index is -4.37. The van der Waals surface area contributed by atoms with Gasteiger partial charge in [-0.25, -0.2) is 0 Å². The van der Waals surface area contributed by atoms with Crippen molar-refractivity contribution in [2.45, 2.75) is 19.0 Å². The lowest BCUT2D eigenvalue weighted by molar-refractivity contribution is -0.177. The van der Waals surface area contributed by atoms with Gasteiger partial charge < -0.3 is 15.0 Å². The Balaban J connectivity index is 0.00000200. The maximum atomic E-state index is 11.9. The van der Waals surface area contributed by atoms with Gasteiger partial charge in [0.15, 0.2) is 0 Å². The predicted molar refractivity (Wildman–Crippen MR) is 69.8 cm³/mol. The van der Waals surface area contributed by atoms with Crippen LogP contribution in [0.3, 0.4) is 0 Å². The molecule has 0 radical (unpaired) electrons. The molecule has 0 bridgehead atoms. The SMILES string of the molecule is Cl.O=C(COCC(F)(F)F)N1CC[C@@H]2CNC[C@@H]2CC1. The number of halogens is 4. The van der Waals surface area contributed by atoms with Gasteiger partial charge in [0.1, 0.15) is 13.2 Å². The van der Waals surface area contributed by atoms with Gasteiger partial charge in [-0.05, 0) is 37.8 Å². The third-order valence-corrected chi connectivity index (χ3v) is 3.86. The molecule has 0 unspecified atom stereocenters. The van der Waals surface area contributed by atoms with Crippen LogP contribution < -0.4 is 5.32 Å². The minimum absolute atomic E-state index is 0. The van der Waals surface area contributed by atoms with E-state index in [2.05, 4.69) is 10.1 Å². The lowest BCUT2D eigenvalue weighted by Gasteiger charge is -2.21. The Morgan fingerprint density at radius 1 is 1.20 bits per heavy atom. The Hall–Kier alpha value is -0.530. The fraction of sp³-hybridized carbons (Fsp3) is 0.917. The molecule has 1 N–H and O–H groups in total. The van der Waals surface area contributed by atoms with Crippen molar-refractivity contribution in [1.29, 1.82) is 0 Å². The van der Waals surface area contributed by atoms with Crippen LogP contribution in [-0.2, 0) is 9.53 Å². The summed E-state index contributed by atoms with van der Waals surface area (Å²) in [4.78, 5) is 13.4. The molecule has 2 aliphatic rings. The fourth-order valence-corrected chi connectivity index (χ4v) is 2.81. The summed E-state index contributed by atoms with van der Waals surface area (Å²) in [6, 6.07) is 0. The first-order valence-corrected chi connectivity index (χ1v) is 6.59. The van der Waals surface area contributed by atoms with E-state index in [0.29, 0.717) is 24.9 Å². The molecule has 2 aliphatic heterocycles. The zero-order valence-electron chi connectivity index (χ0n) is 11.1. The molecule has 2 rings (SSSR count). The van der Waals surface area contributed by atoms with Crippen LogP contribution in [0.15, 0.2) is 0 Å². The van der Waals surface area contributed by atoms with Crippen molar-refractivity contribution in [2.24, 2.45) is 11.8 Å². The molecule has 0 saturated carbocycles. The Kier molecular flexibility index (Phi) is 6.54. The van der Waals surface area contributed by atoms with E-state index in [-0.39, 0.29) is 18.3 Å². The summed E-state index contributed by atoms with van der Waals surface area (Å²) < 4.78 is 40.2. The molecule has 2 fully saturated rings. The number of amides is 1. The first-order chi connectivity index (χ1) is 8.96. The normalized spacial score (nSPS) is 26.6. The number of nitrogens with zero attached hydrogens (tertiary/aromatic N) is 1. The molecule has 0 aromatic heterocycles. The van der Waals surface area contributed by atoms with Crippen LogP contribution in [0.25, 0.3) is 0 Å². The number of rotatable bonds is 3. The molecule has 20 heavy (non-hydrogen) atoms. The lowest BCUT2D eigenvalue weighted by atomic mass is 9.92. The van der Waals surface area contributed by atoms with E-state index >= 15 is 0 Å². The second-order valence-electron chi connectivity index (χ2n) is 5.24. The van der Waals surface area contributed by atoms with Gasteiger partial charge in [-0.1, -0.05) is 0 Å². The van der Waals surface area contributed by atoms with E-state index in [4.69, 9.17) is 0 Å². The smallest absolute Gasteiger partial charge is 0.362 e. The van der Waals surface area contributed by atoms with Gasteiger partial charge in [-0.15, -0.1) is 12.4 Å². The summed E-state index contributed by atoms with van der Waals surface area (Å²) in [7, 11) is 0. The zero-order valence-corrected chi connectivity index (χ0v) is 11.9. The molecule has 0 aromatic carbocycles. The largest absolute Gasteiger partial charge is 0.411 e. The Bertz CT molecular complexity index is 314. The quantitative estimate of drug-likeness (QED) is 0.857. The van der Waals surface area contributed by atoms with E-state index in [1.807, 2.05) is 0 Å². The van der Waals surface area contributed by atoms with Crippen LogP contribution in [0.5, 0.6) is 0 Å². The van der Waals surface area contributed by atoms with Crippen LogP contribution in [-0.4, -0.2) is 56.4 Å². The molecule has 8 heteroatoms. The third-order valence-electron chi connectivity index (χ3n) is 3.86. The summed E-state index contributed by atoms with van der Waals surface area (Å²) >= 11 is 0. The van der Waals surface area contributed by atoms with E-state index in [9.17, 15) is 18.0 Å². The highest BCUT2D eigenvalue weighted by molar-refractivity contribution is 5.85. The van der Waals surface area contributed by atoms with E-state index in [1.165, 1.54) is 0 Å². The molecular weight excluding hydrogens is 297 g/mol. The Morgan fingerprint density at radius 2 is 1.75 bits per heavy atom. The highest BCUT2D eigenvalue weighted by Crippen LogP contribution is 2.27. The highest BCUT2D eigenvalue weighted by atomic mass is 35.5. The number of hydrogen-bond donors (Lipinski definition) is 1. The average Bonchev–Trinajstić information content (AvgIpc) is 2.66. The van der Waals surface area contributed by atoms with Crippen molar-refractivity contribution in [3.8, 4) is 0 Å². The second-order valence-corrected chi connectivity index (χ2v) is 5.24. The van der Waals surface area contributed by atoms with Crippen LogP contribution in [0.1, 0.15) is 12.8 Å². The first-order valence-electron chi connectivity index (χ1n) is 6.59. The standard InChI is InChI=1S/C12H19F3N2O2.ClH/c13-12(14,15)8-19-7-11(18)17-3-1-9-5-16-6-10(9)2-4-17;/h9-10,16H,1-8H2;1H/t9-,10+;. The topological polar surface area (TPSA) is 41.6 Å². The molecule has 2 saturated heterocycles. The van der Waals surface area contributed by atoms with E-state index in [1.54, 1.807) is 4.90 Å². The van der Waals surface area contributed by atoms with Gasteiger partial charge >= 0.3 is 6.18 Å². The monoisotopic (exact) mass is 316 g/mol. The van der Waals surface area contributed by atoms with Crippen LogP contribution in [0, 0.1) is 11.8 Å². The van der Waals surface area contributed by atoms with Crippen molar-refractivity contribution >= 4 is 18.3 Å². The van der Waals surface area contributed by atoms with Crippen LogP contribution >= 0.6 is 12.4 Å². The predicted octanol–water partition coefficient (Wildman–Crippen LogP) is 1.45. The summed E-state index contributed by atoms with van der Waals surface area (Å²) in [6.45, 7) is 1.37. The van der Waals surface area contributed by atoms with E-state index in [0.717, 1.165) is 25.9 Å².